The van der Waals surface area contributed by atoms with E-state index < -0.39 is 0 Å². The lowest BCUT2D eigenvalue weighted by Crippen LogP contribution is -1.90. The number of rotatable bonds is 3. The molecule has 6 heteroatoms. The van der Waals surface area contributed by atoms with Gasteiger partial charge < -0.3 is 9.51 Å². The molecule has 2 aromatic carbocycles. The molecule has 1 N–H and O–H groups in total. The molecule has 1 aliphatic rings. The van der Waals surface area contributed by atoms with Gasteiger partial charge >= 0.3 is 4.87 Å². The quantitative estimate of drug-likeness (QED) is 0.591. The Kier molecular flexibility index (Phi) is 3.15. The molecule has 1 saturated carbocycles. The molecule has 0 atom stereocenters. The van der Waals surface area contributed by atoms with Crippen molar-refractivity contribution in [1.29, 1.82) is 0 Å². The predicted molar refractivity (Wildman–Crippen MR) is 97.9 cm³/mol. The van der Waals surface area contributed by atoms with Crippen LogP contribution in [0.4, 0.5) is 0 Å². The normalized spacial score (nSPS) is 14.3. The highest BCUT2D eigenvalue weighted by Gasteiger charge is 2.30. The Morgan fingerprint density at radius 3 is 2.88 bits per heavy atom. The van der Waals surface area contributed by atoms with E-state index >= 15 is 0 Å². The Morgan fingerprint density at radius 1 is 1.20 bits per heavy atom. The van der Waals surface area contributed by atoms with E-state index in [0.29, 0.717) is 11.7 Å². The molecule has 5 rings (SSSR count). The summed E-state index contributed by atoms with van der Waals surface area (Å²) in [5.74, 6) is 1.84. The van der Waals surface area contributed by atoms with Crippen molar-refractivity contribution < 1.29 is 4.52 Å². The number of aromatic nitrogens is 3. The van der Waals surface area contributed by atoms with Crippen molar-refractivity contribution in [2.75, 3.05) is 0 Å². The number of aromatic amines is 1. The second-order valence-electron chi connectivity index (χ2n) is 6.43. The molecule has 0 spiro atoms. The van der Waals surface area contributed by atoms with Gasteiger partial charge in [-0.15, -0.1) is 0 Å². The number of thiazole rings is 1. The van der Waals surface area contributed by atoms with Crippen molar-refractivity contribution in [1.82, 2.24) is 15.1 Å². The Hall–Kier alpha value is -2.73. The minimum absolute atomic E-state index is 0.0305. The lowest BCUT2D eigenvalue weighted by atomic mass is 9.96. The summed E-state index contributed by atoms with van der Waals surface area (Å²) >= 11 is 1.23. The third kappa shape index (κ3) is 2.49. The molecule has 2 heterocycles. The summed E-state index contributed by atoms with van der Waals surface area (Å²) in [6.45, 7) is 2.07. The van der Waals surface area contributed by atoms with E-state index in [2.05, 4.69) is 34.2 Å². The van der Waals surface area contributed by atoms with Gasteiger partial charge in [0.15, 0.2) is 0 Å². The van der Waals surface area contributed by atoms with Gasteiger partial charge in [0.2, 0.25) is 11.7 Å². The summed E-state index contributed by atoms with van der Waals surface area (Å²) < 4.78 is 6.37. The van der Waals surface area contributed by atoms with Crippen LogP contribution in [0, 0.1) is 6.92 Å². The second kappa shape index (κ2) is 5.39. The van der Waals surface area contributed by atoms with E-state index in [1.807, 2.05) is 24.3 Å². The van der Waals surface area contributed by atoms with E-state index in [1.165, 1.54) is 11.3 Å². The molecule has 0 saturated heterocycles. The lowest BCUT2D eigenvalue weighted by Gasteiger charge is -2.09. The van der Waals surface area contributed by atoms with E-state index in [1.54, 1.807) is 0 Å². The molecule has 0 unspecified atom stereocenters. The van der Waals surface area contributed by atoms with E-state index in [4.69, 9.17) is 4.52 Å². The lowest BCUT2D eigenvalue weighted by molar-refractivity contribution is 0.380. The monoisotopic (exact) mass is 349 g/mol. The van der Waals surface area contributed by atoms with Gasteiger partial charge in [0.05, 0.1) is 10.2 Å². The van der Waals surface area contributed by atoms with Gasteiger partial charge in [0.1, 0.15) is 0 Å². The van der Waals surface area contributed by atoms with Gasteiger partial charge in [-0.1, -0.05) is 40.8 Å². The fourth-order valence-electron chi connectivity index (χ4n) is 3.14. The summed E-state index contributed by atoms with van der Waals surface area (Å²) in [4.78, 5) is 18.9. The summed E-state index contributed by atoms with van der Waals surface area (Å²) in [6, 6.07) is 12.1. The summed E-state index contributed by atoms with van der Waals surface area (Å²) in [6.07, 6.45) is 2.28. The molecule has 0 aliphatic heterocycles. The number of nitrogens with zero attached hydrogens (tertiary/aromatic N) is 2. The van der Waals surface area contributed by atoms with Gasteiger partial charge in [0.25, 0.3) is 0 Å². The Morgan fingerprint density at radius 2 is 2.04 bits per heavy atom. The molecule has 0 bridgehead atoms. The molecular weight excluding hydrogens is 334 g/mol. The Balaban J connectivity index is 1.61. The third-order valence-electron chi connectivity index (χ3n) is 4.68. The van der Waals surface area contributed by atoms with Gasteiger partial charge in [-0.3, -0.25) is 4.79 Å². The SMILES string of the molecule is Cc1c(-c2ccc3[nH]c(=O)sc3c2)cccc1-c1noc(C2CC2)n1. The van der Waals surface area contributed by atoms with Crippen LogP contribution in [0.5, 0.6) is 0 Å². The standard InChI is InChI=1S/C19H15N3O2S/c1-10-13(12-7-8-15-16(9-12)25-19(23)20-15)3-2-4-14(10)17-21-18(24-22-17)11-5-6-11/h2-4,7-9,11H,5-6H2,1H3,(H,20,23). The molecule has 1 fully saturated rings. The van der Waals surface area contributed by atoms with E-state index in [0.717, 1.165) is 51.2 Å². The molecule has 25 heavy (non-hydrogen) atoms. The number of hydrogen-bond donors (Lipinski definition) is 1. The first-order valence-corrected chi connectivity index (χ1v) is 9.07. The maximum absolute atomic E-state index is 11.5. The fourth-order valence-corrected chi connectivity index (χ4v) is 3.92. The van der Waals surface area contributed by atoms with Crippen LogP contribution < -0.4 is 4.87 Å². The molecule has 5 nitrogen and oxygen atoms in total. The fraction of sp³-hybridized carbons (Fsp3) is 0.211. The van der Waals surface area contributed by atoms with E-state index in [-0.39, 0.29) is 4.87 Å². The molecule has 0 amide bonds. The summed E-state index contributed by atoms with van der Waals surface area (Å²) in [5.41, 5.74) is 5.15. The van der Waals surface area contributed by atoms with Gasteiger partial charge in [-0.25, -0.2) is 0 Å². The molecule has 1 aliphatic carbocycles. The van der Waals surface area contributed by atoms with Crippen molar-refractivity contribution in [3.05, 3.63) is 57.5 Å². The zero-order valence-electron chi connectivity index (χ0n) is 13.6. The van der Waals surface area contributed by atoms with Crippen molar-refractivity contribution in [2.24, 2.45) is 0 Å². The Bertz CT molecular complexity index is 1150. The maximum Gasteiger partial charge on any atom is 0.305 e. The maximum atomic E-state index is 11.5. The molecular formula is C19H15N3O2S. The first-order valence-electron chi connectivity index (χ1n) is 8.26. The number of nitrogens with one attached hydrogen (secondary N) is 1. The van der Waals surface area contributed by atoms with E-state index in [9.17, 15) is 4.79 Å². The first kappa shape index (κ1) is 14.6. The van der Waals surface area contributed by atoms with Crippen LogP contribution >= 0.6 is 11.3 Å². The molecule has 0 radical (unpaired) electrons. The first-order chi connectivity index (χ1) is 12.2. The Labute approximate surface area is 147 Å². The highest BCUT2D eigenvalue weighted by atomic mass is 32.1. The predicted octanol–water partition coefficient (Wildman–Crippen LogP) is 4.49. The van der Waals surface area contributed by atoms with Crippen LogP contribution in [0.15, 0.2) is 45.7 Å². The molecule has 124 valence electrons. The average Bonchev–Trinajstić information content (AvgIpc) is 3.22. The minimum Gasteiger partial charge on any atom is -0.339 e. The number of hydrogen-bond acceptors (Lipinski definition) is 5. The minimum atomic E-state index is -0.0305. The summed E-state index contributed by atoms with van der Waals surface area (Å²) in [7, 11) is 0. The number of fused-ring (bicyclic) bond motifs is 1. The van der Waals surface area contributed by atoms with Crippen LogP contribution in [-0.2, 0) is 0 Å². The van der Waals surface area contributed by atoms with Crippen molar-refractivity contribution in [3.8, 4) is 22.5 Å². The van der Waals surface area contributed by atoms with Crippen LogP contribution in [-0.4, -0.2) is 15.1 Å². The zero-order chi connectivity index (χ0) is 17.0. The average molecular weight is 349 g/mol. The van der Waals surface area contributed by atoms with Gasteiger partial charge in [-0.05, 0) is 48.6 Å². The highest BCUT2D eigenvalue weighted by Crippen LogP contribution is 2.40. The highest BCUT2D eigenvalue weighted by molar-refractivity contribution is 7.16. The number of benzene rings is 2. The van der Waals surface area contributed by atoms with Crippen molar-refractivity contribution in [3.63, 3.8) is 0 Å². The van der Waals surface area contributed by atoms with Crippen molar-refractivity contribution >= 4 is 21.6 Å². The van der Waals surface area contributed by atoms with Crippen LogP contribution in [0.1, 0.15) is 30.2 Å². The second-order valence-corrected chi connectivity index (χ2v) is 7.45. The smallest absolute Gasteiger partial charge is 0.305 e. The van der Waals surface area contributed by atoms with Crippen LogP contribution in [0.25, 0.3) is 32.7 Å². The third-order valence-corrected chi connectivity index (χ3v) is 5.52. The van der Waals surface area contributed by atoms with Gasteiger partial charge in [0, 0.05) is 11.5 Å². The van der Waals surface area contributed by atoms with Gasteiger partial charge in [-0.2, -0.15) is 4.98 Å². The number of H-pyrrole nitrogens is 1. The van der Waals surface area contributed by atoms with Crippen molar-refractivity contribution in [2.45, 2.75) is 25.7 Å². The molecule has 4 aromatic rings. The summed E-state index contributed by atoms with van der Waals surface area (Å²) in [5, 5.41) is 4.17. The molecule has 2 aromatic heterocycles. The van der Waals surface area contributed by atoms with Crippen LogP contribution in [0.2, 0.25) is 0 Å². The zero-order valence-corrected chi connectivity index (χ0v) is 14.4. The largest absolute Gasteiger partial charge is 0.339 e. The topological polar surface area (TPSA) is 71.8 Å². The van der Waals surface area contributed by atoms with Crippen LogP contribution in [0.3, 0.4) is 0 Å².